The third-order valence-corrected chi connectivity index (χ3v) is 4.28. The first-order valence-corrected chi connectivity index (χ1v) is 8.82. The molecule has 0 radical (unpaired) electrons. The number of hydrogen-bond acceptors (Lipinski definition) is 2. The quantitative estimate of drug-likeness (QED) is 0.307. The van der Waals surface area contributed by atoms with Gasteiger partial charge in [-0.25, -0.2) is 27.3 Å². The van der Waals surface area contributed by atoms with Gasteiger partial charge in [-0.2, -0.15) is 0 Å². The van der Waals surface area contributed by atoms with E-state index in [0.29, 0.717) is 5.56 Å². The highest BCUT2D eigenvalue weighted by Gasteiger charge is 2.27. The summed E-state index contributed by atoms with van der Waals surface area (Å²) in [6, 6.07) is 2.84. The van der Waals surface area contributed by atoms with Crippen molar-refractivity contribution in [2.75, 3.05) is 0 Å². The van der Waals surface area contributed by atoms with Crippen LogP contribution in [0.5, 0.6) is 0 Å². The van der Waals surface area contributed by atoms with E-state index in [1.807, 2.05) is 0 Å². The van der Waals surface area contributed by atoms with E-state index in [1.54, 1.807) is 32.1 Å². The van der Waals surface area contributed by atoms with Gasteiger partial charge >= 0.3 is 5.97 Å². The van der Waals surface area contributed by atoms with Gasteiger partial charge in [0, 0.05) is 0 Å². The molecule has 0 atom stereocenters. The van der Waals surface area contributed by atoms with Crippen LogP contribution < -0.4 is 0 Å². The van der Waals surface area contributed by atoms with Crippen molar-refractivity contribution in [2.45, 2.75) is 13.8 Å². The van der Waals surface area contributed by atoms with Crippen LogP contribution in [-0.4, -0.2) is 21.0 Å². The first kappa shape index (κ1) is 21.0. The molecule has 0 amide bonds. The van der Waals surface area contributed by atoms with Crippen molar-refractivity contribution < 1.29 is 27.5 Å². The molecule has 0 saturated carbocycles. The fourth-order valence-electron chi connectivity index (χ4n) is 2.94. The van der Waals surface area contributed by atoms with E-state index in [0.717, 1.165) is 6.08 Å². The molecule has 1 heterocycles. The lowest BCUT2D eigenvalue weighted by atomic mass is 10.1. The number of aryl methyl sites for hydroxylation is 1. The van der Waals surface area contributed by atoms with Crippen LogP contribution in [0.1, 0.15) is 28.4 Å². The van der Waals surface area contributed by atoms with Gasteiger partial charge in [0.05, 0.1) is 22.2 Å². The Bertz CT molecular complexity index is 1210. The van der Waals surface area contributed by atoms with E-state index in [1.165, 1.54) is 24.3 Å². The lowest BCUT2D eigenvalue weighted by Gasteiger charge is -2.08. The van der Waals surface area contributed by atoms with Gasteiger partial charge in [0.2, 0.25) is 0 Å². The third kappa shape index (κ3) is 3.76. The van der Waals surface area contributed by atoms with E-state index in [-0.39, 0.29) is 16.6 Å². The molecule has 8 heteroatoms. The summed E-state index contributed by atoms with van der Waals surface area (Å²) in [7, 11) is 0. The van der Waals surface area contributed by atoms with Gasteiger partial charge < -0.3 is 10.1 Å². The van der Waals surface area contributed by atoms with E-state index in [2.05, 4.69) is 9.97 Å². The highest BCUT2D eigenvalue weighted by atomic mass is 19.2. The van der Waals surface area contributed by atoms with E-state index in [4.69, 9.17) is 0 Å². The number of nitrogens with zero attached hydrogens (tertiary/aromatic N) is 1. The normalized spacial score (nSPS) is 12.2. The molecule has 4 nitrogen and oxygen atoms in total. The standard InChI is InChI=1S/C22H16F4N2O2/c1-3-4-5-6-7-8-12-16(23)18(25)15(19(26)17(12)24)21-27-14-10-11(2)9-13(22(29)30)20(14)28-21/h3-10H,1-2H3,(H,27,28)(H,29,30)/b4-3-,6-5-,8-7+. The molecule has 0 saturated heterocycles. The van der Waals surface area contributed by atoms with Crippen LogP contribution in [0, 0.1) is 30.2 Å². The molecule has 0 unspecified atom stereocenters. The second-order valence-corrected chi connectivity index (χ2v) is 6.41. The van der Waals surface area contributed by atoms with Gasteiger partial charge in [-0.05, 0) is 37.6 Å². The van der Waals surface area contributed by atoms with Crippen LogP contribution in [0.2, 0.25) is 0 Å². The van der Waals surface area contributed by atoms with Crippen molar-refractivity contribution in [3.8, 4) is 11.4 Å². The van der Waals surface area contributed by atoms with Crippen LogP contribution >= 0.6 is 0 Å². The lowest BCUT2D eigenvalue weighted by molar-refractivity contribution is 0.0698. The predicted molar refractivity (Wildman–Crippen MR) is 106 cm³/mol. The van der Waals surface area contributed by atoms with Crippen molar-refractivity contribution in [1.29, 1.82) is 0 Å². The van der Waals surface area contributed by atoms with Gasteiger partial charge in [0.15, 0.2) is 23.3 Å². The average Bonchev–Trinajstić information content (AvgIpc) is 3.11. The van der Waals surface area contributed by atoms with E-state index >= 15 is 0 Å². The number of hydrogen-bond donors (Lipinski definition) is 2. The SMILES string of the molecule is C\C=C/C=C\C=C\c1c(F)c(F)c(-c2nc3c(C(=O)O)cc(C)cc3[nH]2)c(F)c1F. The fourth-order valence-corrected chi connectivity index (χ4v) is 2.94. The number of imidazole rings is 1. The van der Waals surface area contributed by atoms with Gasteiger partial charge in [0.25, 0.3) is 0 Å². The number of fused-ring (bicyclic) bond motifs is 1. The second kappa shape index (κ2) is 8.36. The second-order valence-electron chi connectivity index (χ2n) is 6.41. The number of aromatic carboxylic acids is 1. The number of carbonyl (C=O) groups is 1. The van der Waals surface area contributed by atoms with Gasteiger partial charge in [-0.1, -0.05) is 30.4 Å². The Hall–Kier alpha value is -3.68. The Morgan fingerprint density at radius 3 is 2.23 bits per heavy atom. The van der Waals surface area contributed by atoms with E-state index < -0.39 is 46.2 Å². The van der Waals surface area contributed by atoms with Crippen molar-refractivity contribution >= 4 is 23.1 Å². The molecule has 0 aliphatic carbocycles. The van der Waals surface area contributed by atoms with Gasteiger partial charge in [0.1, 0.15) is 11.3 Å². The summed E-state index contributed by atoms with van der Waals surface area (Å²) in [5.41, 5.74) is -1.49. The summed E-state index contributed by atoms with van der Waals surface area (Å²) in [6.07, 6.45) is 8.55. The number of benzene rings is 2. The Balaban J connectivity index is 2.18. The summed E-state index contributed by atoms with van der Waals surface area (Å²) < 4.78 is 58.3. The number of carboxylic acid groups (broad SMARTS) is 1. The molecular weight excluding hydrogens is 400 g/mol. The third-order valence-electron chi connectivity index (χ3n) is 4.28. The maximum atomic E-state index is 14.7. The first-order valence-electron chi connectivity index (χ1n) is 8.82. The molecule has 0 bridgehead atoms. The molecule has 2 aromatic carbocycles. The fraction of sp³-hybridized carbons (Fsp3) is 0.0909. The predicted octanol–water partition coefficient (Wildman–Crippen LogP) is 5.94. The summed E-state index contributed by atoms with van der Waals surface area (Å²) in [5, 5.41) is 9.32. The van der Waals surface area contributed by atoms with Crippen LogP contribution in [0.4, 0.5) is 17.6 Å². The summed E-state index contributed by atoms with van der Waals surface area (Å²) in [5.74, 6) is -8.28. The monoisotopic (exact) mass is 416 g/mol. The number of aromatic nitrogens is 2. The summed E-state index contributed by atoms with van der Waals surface area (Å²) in [4.78, 5) is 17.9. The maximum Gasteiger partial charge on any atom is 0.337 e. The number of H-pyrrole nitrogens is 1. The average molecular weight is 416 g/mol. The largest absolute Gasteiger partial charge is 0.478 e. The molecule has 2 N–H and O–H groups in total. The molecule has 0 spiro atoms. The summed E-state index contributed by atoms with van der Waals surface area (Å²) in [6.45, 7) is 3.40. The zero-order valence-electron chi connectivity index (χ0n) is 15.9. The van der Waals surface area contributed by atoms with Crippen LogP contribution in [0.25, 0.3) is 28.5 Å². The van der Waals surface area contributed by atoms with Crippen molar-refractivity contribution in [3.63, 3.8) is 0 Å². The van der Waals surface area contributed by atoms with Crippen molar-refractivity contribution in [1.82, 2.24) is 9.97 Å². The zero-order chi connectivity index (χ0) is 22.0. The smallest absolute Gasteiger partial charge is 0.337 e. The lowest BCUT2D eigenvalue weighted by Crippen LogP contribution is -2.04. The molecule has 3 rings (SSSR count). The molecule has 154 valence electrons. The zero-order valence-corrected chi connectivity index (χ0v) is 15.9. The number of carboxylic acids is 1. The molecule has 1 aromatic heterocycles. The number of aromatic amines is 1. The molecule has 0 aliphatic rings. The van der Waals surface area contributed by atoms with Crippen LogP contribution in [0.3, 0.4) is 0 Å². The van der Waals surface area contributed by atoms with Crippen LogP contribution in [-0.2, 0) is 0 Å². The number of allylic oxidation sites excluding steroid dienone is 5. The molecule has 0 aliphatic heterocycles. The minimum absolute atomic E-state index is 0.0826. The highest BCUT2D eigenvalue weighted by Crippen LogP contribution is 2.33. The number of rotatable bonds is 5. The molecule has 0 fully saturated rings. The summed E-state index contributed by atoms with van der Waals surface area (Å²) >= 11 is 0. The van der Waals surface area contributed by atoms with Crippen LogP contribution in [0.15, 0.2) is 42.5 Å². The molecule has 30 heavy (non-hydrogen) atoms. The molecular formula is C22H16F4N2O2. The number of halogens is 4. The highest BCUT2D eigenvalue weighted by molar-refractivity contribution is 6.02. The molecule has 3 aromatic rings. The van der Waals surface area contributed by atoms with Gasteiger partial charge in [-0.15, -0.1) is 0 Å². The Kier molecular flexibility index (Phi) is 5.86. The number of nitrogens with one attached hydrogen (secondary N) is 1. The van der Waals surface area contributed by atoms with Gasteiger partial charge in [-0.3, -0.25) is 0 Å². The minimum Gasteiger partial charge on any atom is -0.478 e. The Labute approximate surface area is 168 Å². The van der Waals surface area contributed by atoms with Crippen molar-refractivity contribution in [2.24, 2.45) is 0 Å². The minimum atomic E-state index is -1.64. The topological polar surface area (TPSA) is 66.0 Å². The Morgan fingerprint density at radius 1 is 1.00 bits per heavy atom. The first-order chi connectivity index (χ1) is 14.3. The van der Waals surface area contributed by atoms with E-state index in [9.17, 15) is 27.5 Å². The Morgan fingerprint density at radius 2 is 1.63 bits per heavy atom. The maximum absolute atomic E-state index is 14.7. The van der Waals surface area contributed by atoms with Crippen molar-refractivity contribution in [3.05, 3.63) is 82.5 Å².